The molecule has 1 N–H and O–H groups in total. The molecule has 1 heterocycles. The van der Waals surface area contributed by atoms with Gasteiger partial charge < -0.3 is 4.98 Å². The van der Waals surface area contributed by atoms with Crippen molar-refractivity contribution >= 4 is 11.4 Å². The summed E-state index contributed by atoms with van der Waals surface area (Å²) < 4.78 is 0. The standard InChI is InChI=1S/C19H24N2O/c1-5-13(3)14(4)17(6-2)18(19-11-20-12-21-19)10-15-7-8-16(22)9-15/h5-6,10-12,15H,2,7-9H2,1,3-4H3,(H,20,21)/b13-5-,17-14+,18-10-. The third-order valence-electron chi connectivity index (χ3n) is 4.40. The lowest BCUT2D eigenvalue weighted by molar-refractivity contribution is -0.117. The molecule has 3 heteroatoms. The number of allylic oxidation sites excluding steroid dienone is 7. The average molecular weight is 296 g/mol. The molecule has 0 aromatic carbocycles. The van der Waals surface area contributed by atoms with Crippen molar-refractivity contribution in [3.63, 3.8) is 0 Å². The van der Waals surface area contributed by atoms with Crippen molar-refractivity contribution in [2.45, 2.75) is 40.0 Å². The fourth-order valence-corrected chi connectivity index (χ4v) is 2.84. The highest BCUT2D eigenvalue weighted by atomic mass is 16.1. The van der Waals surface area contributed by atoms with Crippen LogP contribution in [0.2, 0.25) is 0 Å². The normalized spacial score (nSPS) is 21.0. The van der Waals surface area contributed by atoms with Gasteiger partial charge in [-0.05, 0) is 44.3 Å². The predicted molar refractivity (Wildman–Crippen MR) is 91.2 cm³/mol. The van der Waals surface area contributed by atoms with Crippen molar-refractivity contribution in [2.24, 2.45) is 5.92 Å². The molecule has 1 fully saturated rings. The van der Waals surface area contributed by atoms with E-state index in [1.165, 1.54) is 11.1 Å². The monoisotopic (exact) mass is 296 g/mol. The van der Waals surface area contributed by atoms with Crippen LogP contribution in [0.25, 0.3) is 5.57 Å². The van der Waals surface area contributed by atoms with Crippen molar-refractivity contribution in [3.8, 4) is 0 Å². The van der Waals surface area contributed by atoms with Gasteiger partial charge in [-0.3, -0.25) is 4.79 Å². The Bertz CT molecular complexity index is 645. The van der Waals surface area contributed by atoms with E-state index in [-0.39, 0.29) is 0 Å². The van der Waals surface area contributed by atoms with E-state index in [9.17, 15) is 4.79 Å². The van der Waals surface area contributed by atoms with E-state index in [0.29, 0.717) is 24.5 Å². The first-order chi connectivity index (χ1) is 10.6. The maximum Gasteiger partial charge on any atom is 0.133 e. The molecule has 2 rings (SSSR count). The fraction of sp³-hybridized carbons (Fsp3) is 0.368. The number of H-pyrrole nitrogens is 1. The predicted octanol–water partition coefficient (Wildman–Crippen LogP) is 4.63. The van der Waals surface area contributed by atoms with Gasteiger partial charge in [-0.2, -0.15) is 0 Å². The van der Waals surface area contributed by atoms with Gasteiger partial charge in [0, 0.05) is 18.4 Å². The van der Waals surface area contributed by atoms with Gasteiger partial charge in [0.2, 0.25) is 0 Å². The largest absolute Gasteiger partial charge is 0.345 e. The zero-order valence-corrected chi connectivity index (χ0v) is 13.6. The lowest BCUT2D eigenvalue weighted by atomic mass is 9.91. The number of nitrogens with one attached hydrogen (secondary N) is 1. The molecule has 1 unspecified atom stereocenters. The van der Waals surface area contributed by atoms with Crippen LogP contribution >= 0.6 is 0 Å². The van der Waals surface area contributed by atoms with E-state index in [4.69, 9.17) is 0 Å². The Kier molecular flexibility index (Phi) is 5.31. The molecule has 0 radical (unpaired) electrons. The molecule has 1 atom stereocenters. The molecular weight excluding hydrogens is 272 g/mol. The second kappa shape index (κ2) is 7.21. The molecule has 0 bridgehead atoms. The molecule has 116 valence electrons. The van der Waals surface area contributed by atoms with Crippen LogP contribution in [0, 0.1) is 5.92 Å². The lowest BCUT2D eigenvalue weighted by Crippen LogP contribution is -1.98. The van der Waals surface area contributed by atoms with Crippen LogP contribution in [0.4, 0.5) is 0 Å². The molecule has 1 aromatic heterocycles. The maximum atomic E-state index is 11.6. The summed E-state index contributed by atoms with van der Waals surface area (Å²) in [6.45, 7) is 10.2. The molecular formula is C19H24N2O. The van der Waals surface area contributed by atoms with Gasteiger partial charge in [-0.1, -0.05) is 30.4 Å². The third kappa shape index (κ3) is 3.53. The molecule has 3 nitrogen and oxygen atoms in total. The molecule has 0 saturated heterocycles. The molecule has 1 aromatic rings. The van der Waals surface area contributed by atoms with Crippen LogP contribution in [0.1, 0.15) is 45.7 Å². The third-order valence-corrected chi connectivity index (χ3v) is 4.40. The Morgan fingerprint density at radius 2 is 2.23 bits per heavy atom. The zero-order chi connectivity index (χ0) is 16.1. The Hall–Kier alpha value is -2.16. The smallest absolute Gasteiger partial charge is 0.133 e. The summed E-state index contributed by atoms with van der Waals surface area (Å²) in [6, 6.07) is 0. The number of Topliss-reactive ketones (excluding diaryl/α,β-unsaturated/α-hetero) is 1. The van der Waals surface area contributed by atoms with Gasteiger partial charge in [0.15, 0.2) is 0 Å². The average Bonchev–Trinajstić information content (AvgIpc) is 3.17. The minimum absolute atomic E-state index is 0.305. The number of hydrogen-bond acceptors (Lipinski definition) is 2. The topological polar surface area (TPSA) is 45.8 Å². The first-order valence-corrected chi connectivity index (χ1v) is 7.76. The Balaban J connectivity index is 2.51. The molecule has 1 saturated carbocycles. The van der Waals surface area contributed by atoms with Crippen LogP contribution in [-0.4, -0.2) is 15.8 Å². The second-order valence-electron chi connectivity index (χ2n) is 5.80. The van der Waals surface area contributed by atoms with E-state index in [2.05, 4.69) is 42.5 Å². The van der Waals surface area contributed by atoms with Crippen molar-refractivity contribution in [1.29, 1.82) is 0 Å². The Morgan fingerprint density at radius 1 is 1.45 bits per heavy atom. The maximum absolute atomic E-state index is 11.6. The number of nitrogens with zero attached hydrogens (tertiary/aromatic N) is 1. The van der Waals surface area contributed by atoms with Gasteiger partial charge in [0.1, 0.15) is 5.78 Å². The van der Waals surface area contributed by atoms with Gasteiger partial charge in [0.05, 0.1) is 18.2 Å². The van der Waals surface area contributed by atoms with Crippen LogP contribution < -0.4 is 0 Å². The van der Waals surface area contributed by atoms with Gasteiger partial charge in [0.25, 0.3) is 0 Å². The minimum atomic E-state index is 0.305. The highest BCUT2D eigenvalue weighted by molar-refractivity contribution is 5.84. The number of ketones is 1. The Labute approximate surface area is 132 Å². The number of carbonyl (C=O) groups is 1. The highest BCUT2D eigenvalue weighted by Crippen LogP contribution is 2.33. The first-order valence-electron chi connectivity index (χ1n) is 7.76. The molecule has 22 heavy (non-hydrogen) atoms. The number of hydrogen-bond donors (Lipinski definition) is 1. The summed E-state index contributed by atoms with van der Waals surface area (Å²) in [6.07, 6.45) is 12.0. The molecule has 1 aliphatic rings. The number of aromatic nitrogens is 2. The van der Waals surface area contributed by atoms with Crippen molar-refractivity contribution < 1.29 is 4.79 Å². The Morgan fingerprint density at radius 3 is 2.73 bits per heavy atom. The highest BCUT2D eigenvalue weighted by Gasteiger charge is 2.22. The number of imidazole rings is 1. The van der Waals surface area contributed by atoms with Gasteiger partial charge >= 0.3 is 0 Å². The van der Waals surface area contributed by atoms with E-state index in [0.717, 1.165) is 23.3 Å². The summed E-state index contributed by atoms with van der Waals surface area (Å²) in [7, 11) is 0. The lowest BCUT2D eigenvalue weighted by Gasteiger charge is -2.14. The molecule has 1 aliphatic carbocycles. The van der Waals surface area contributed by atoms with E-state index in [1.807, 2.05) is 19.2 Å². The summed E-state index contributed by atoms with van der Waals surface area (Å²) in [4.78, 5) is 18.9. The number of carbonyl (C=O) groups excluding carboxylic acids is 1. The molecule has 0 aliphatic heterocycles. The molecule has 0 spiro atoms. The zero-order valence-electron chi connectivity index (χ0n) is 13.6. The summed E-state index contributed by atoms with van der Waals surface area (Å²) in [5.41, 5.74) is 5.58. The van der Waals surface area contributed by atoms with Gasteiger partial charge in [-0.15, -0.1) is 0 Å². The van der Waals surface area contributed by atoms with E-state index >= 15 is 0 Å². The van der Waals surface area contributed by atoms with Crippen LogP contribution in [-0.2, 0) is 4.79 Å². The van der Waals surface area contributed by atoms with Crippen LogP contribution in [0.5, 0.6) is 0 Å². The fourth-order valence-electron chi connectivity index (χ4n) is 2.84. The second-order valence-corrected chi connectivity index (χ2v) is 5.80. The summed E-state index contributed by atoms with van der Waals surface area (Å²) >= 11 is 0. The van der Waals surface area contributed by atoms with E-state index < -0.39 is 0 Å². The SMILES string of the molecule is C=CC(/C(=C/C1CCC(=O)C1)c1cnc[nH]1)=C(C)\C(C)=C/C. The number of aromatic amines is 1. The summed E-state index contributed by atoms with van der Waals surface area (Å²) in [5.74, 6) is 0.662. The van der Waals surface area contributed by atoms with Crippen molar-refractivity contribution in [3.05, 3.63) is 59.7 Å². The van der Waals surface area contributed by atoms with Crippen molar-refractivity contribution in [1.82, 2.24) is 9.97 Å². The quantitative estimate of drug-likeness (QED) is 0.805. The first kappa shape index (κ1) is 16.2. The van der Waals surface area contributed by atoms with E-state index in [1.54, 1.807) is 6.33 Å². The number of rotatable bonds is 5. The van der Waals surface area contributed by atoms with Crippen molar-refractivity contribution in [2.75, 3.05) is 0 Å². The molecule has 0 amide bonds. The van der Waals surface area contributed by atoms with Gasteiger partial charge in [-0.25, -0.2) is 4.98 Å². The van der Waals surface area contributed by atoms with Crippen LogP contribution in [0.3, 0.4) is 0 Å². The minimum Gasteiger partial charge on any atom is -0.345 e. The van der Waals surface area contributed by atoms with Crippen LogP contribution in [0.15, 0.2) is 54.1 Å². The summed E-state index contributed by atoms with van der Waals surface area (Å²) in [5, 5.41) is 0.